The second-order valence-corrected chi connectivity index (χ2v) is 12.2. The van der Waals surface area contributed by atoms with E-state index in [1.807, 2.05) is 0 Å². The van der Waals surface area contributed by atoms with Crippen LogP contribution in [0.2, 0.25) is 0 Å². The van der Waals surface area contributed by atoms with Crippen molar-refractivity contribution in [2.24, 2.45) is 0 Å². The Balaban J connectivity index is 0. The maximum Gasteiger partial charge on any atom is 0.306 e. The van der Waals surface area contributed by atoms with Crippen LogP contribution in [0.15, 0.2) is 0 Å². The van der Waals surface area contributed by atoms with Crippen molar-refractivity contribution in [2.75, 3.05) is 19.0 Å². The molecule has 1 saturated heterocycles. The predicted molar refractivity (Wildman–Crippen MR) is 131 cm³/mol. The van der Waals surface area contributed by atoms with Crippen molar-refractivity contribution >= 4 is 62.8 Å². The molecule has 0 aliphatic carbocycles. The number of aliphatic hydroxyl groups is 4. The third kappa shape index (κ3) is 18.6. The molecule has 1 aliphatic rings. The number of thioether (sulfide) groups is 1. The van der Waals surface area contributed by atoms with E-state index in [2.05, 4.69) is 29.8 Å². The third-order valence-corrected chi connectivity index (χ3v) is 7.62. The van der Waals surface area contributed by atoms with E-state index in [0.717, 1.165) is 12.7 Å². The molecule has 0 amide bonds. The van der Waals surface area contributed by atoms with Crippen LogP contribution in [0.5, 0.6) is 0 Å². The first-order chi connectivity index (χ1) is 16.0. The van der Waals surface area contributed by atoms with E-state index in [-0.39, 0.29) is 18.3 Å². The Bertz CT molecular complexity index is 766. The molecule has 0 aromatic carbocycles. The molecule has 0 radical (unpaired) electrons. The highest BCUT2D eigenvalue weighted by molar-refractivity contribution is 8.07. The van der Waals surface area contributed by atoms with Gasteiger partial charge in [0.15, 0.2) is 0 Å². The Morgan fingerprint density at radius 3 is 1.58 bits per heavy atom. The third-order valence-electron chi connectivity index (χ3n) is 4.55. The molecule has 14 nitrogen and oxygen atoms in total. The van der Waals surface area contributed by atoms with Crippen LogP contribution in [0.3, 0.4) is 0 Å². The Kier molecular flexibility index (Phi) is 16.4. The van der Waals surface area contributed by atoms with Gasteiger partial charge in [0, 0.05) is 11.0 Å². The molecule has 214 valence electrons. The first-order valence-corrected chi connectivity index (χ1v) is 13.6. The van der Waals surface area contributed by atoms with Crippen molar-refractivity contribution in [2.45, 2.75) is 72.6 Å². The van der Waals surface area contributed by atoms with Gasteiger partial charge in [-0.15, -0.1) is 0 Å². The molecule has 36 heavy (non-hydrogen) atoms. The summed E-state index contributed by atoms with van der Waals surface area (Å²) in [6, 6.07) is 0. The summed E-state index contributed by atoms with van der Waals surface area (Å²) in [7, 11) is -5.13. The van der Waals surface area contributed by atoms with Crippen LogP contribution >= 0.6 is 44.8 Å². The second-order valence-electron chi connectivity index (χ2n) is 8.56. The topological polar surface area (TPSA) is 265 Å². The van der Waals surface area contributed by atoms with Crippen molar-refractivity contribution < 1.29 is 69.0 Å². The molecule has 18 heteroatoms. The average molecular weight is 601 g/mol. The summed E-state index contributed by atoms with van der Waals surface area (Å²) in [6.07, 6.45) is -1.20. The number of phosphoric ester groups is 1. The number of carboxylic acids is 3. The fourth-order valence-corrected chi connectivity index (χ4v) is 3.82. The van der Waals surface area contributed by atoms with Gasteiger partial charge in [0.05, 0.1) is 67.6 Å². The lowest BCUT2D eigenvalue weighted by atomic mass is 9.98. The van der Waals surface area contributed by atoms with Crippen molar-refractivity contribution in [1.82, 2.24) is 0 Å². The van der Waals surface area contributed by atoms with E-state index in [4.69, 9.17) is 20.4 Å². The van der Waals surface area contributed by atoms with Crippen LogP contribution in [-0.2, 0) is 23.5 Å². The van der Waals surface area contributed by atoms with E-state index in [0.29, 0.717) is 0 Å². The van der Waals surface area contributed by atoms with Crippen molar-refractivity contribution in [1.29, 1.82) is 0 Å². The maximum absolute atomic E-state index is 10.3. The lowest BCUT2D eigenvalue weighted by Gasteiger charge is -2.33. The molecular weight excluding hydrogens is 567 g/mol. The number of carbonyl (C=O) groups is 3. The van der Waals surface area contributed by atoms with Gasteiger partial charge in [-0.1, -0.05) is 0 Å². The van der Waals surface area contributed by atoms with Crippen LogP contribution in [0.1, 0.15) is 40.0 Å². The van der Waals surface area contributed by atoms with Gasteiger partial charge in [0.2, 0.25) is 0 Å². The van der Waals surface area contributed by atoms with Crippen molar-refractivity contribution in [3.63, 3.8) is 0 Å². The maximum atomic E-state index is 10.3. The summed E-state index contributed by atoms with van der Waals surface area (Å²) < 4.78 is 14.0. The number of hydrogen-bond donors (Lipinski definition) is 9. The number of hydrogen-bond acceptors (Lipinski definition) is 14. The zero-order chi connectivity index (χ0) is 29.1. The van der Waals surface area contributed by atoms with Crippen molar-refractivity contribution in [3.8, 4) is 0 Å². The zero-order valence-electron chi connectivity index (χ0n) is 19.7. The quantitative estimate of drug-likeness (QED) is 0.0640. The highest BCUT2D eigenvalue weighted by Gasteiger charge is 2.42. The molecule has 0 bridgehead atoms. The summed E-state index contributed by atoms with van der Waals surface area (Å²) in [6.45, 7) is 3.04. The summed E-state index contributed by atoms with van der Waals surface area (Å²) in [5.41, 5.74) is -4.22. The summed E-state index contributed by atoms with van der Waals surface area (Å²) >= 11 is 9.19. The molecule has 7 N–H and O–H groups in total. The number of thiol groups is 2. The number of aliphatic carboxylic acids is 3. The number of aliphatic hydroxyl groups excluding tert-OH is 1. The van der Waals surface area contributed by atoms with Gasteiger partial charge in [-0.25, -0.2) is 0 Å². The predicted octanol–water partition coefficient (Wildman–Crippen LogP) is -1.81. The van der Waals surface area contributed by atoms with Crippen molar-refractivity contribution in [3.05, 3.63) is 0 Å². The molecule has 1 heterocycles. The summed E-state index contributed by atoms with van der Waals surface area (Å²) in [4.78, 5) is 50.9. The number of carboxylic acid groups (broad SMARTS) is 3. The van der Waals surface area contributed by atoms with E-state index in [1.165, 1.54) is 6.92 Å². The fourth-order valence-electron chi connectivity index (χ4n) is 2.21. The zero-order valence-corrected chi connectivity index (χ0v) is 23.2. The Labute approximate surface area is 223 Å². The number of rotatable bonds is 13. The normalized spacial score (nSPS) is 21.5. The monoisotopic (exact) mass is 600 g/mol. The minimum Gasteiger partial charge on any atom is -0.790 e. The largest absolute Gasteiger partial charge is 0.790 e. The van der Waals surface area contributed by atoms with Gasteiger partial charge in [0.25, 0.3) is 0 Å². The summed E-state index contributed by atoms with van der Waals surface area (Å²) in [5.74, 6) is -2.42. The van der Waals surface area contributed by atoms with Gasteiger partial charge >= 0.3 is 17.9 Å². The second kappa shape index (κ2) is 15.7. The molecule has 0 spiro atoms. The van der Waals surface area contributed by atoms with Crippen LogP contribution in [0.25, 0.3) is 0 Å². The van der Waals surface area contributed by atoms with Gasteiger partial charge < -0.3 is 54.6 Å². The highest BCUT2D eigenvalue weighted by Crippen LogP contribution is 2.40. The van der Waals surface area contributed by atoms with Crippen LogP contribution in [0.4, 0.5) is 0 Å². The Hall–Kier alpha value is -0.590. The molecule has 0 aromatic heterocycles. The van der Waals surface area contributed by atoms with Gasteiger partial charge in [-0.3, -0.25) is 14.4 Å². The number of phosphoric acid groups is 1. The standard InChI is InChI=1S/C6H13O7PS.C6H12O4S.C6H10O3S/c1-6(9,2-5(7)8)4(15)3-13-14(10,11)12;1-6(10,2-5(8)9)4(11)3-7;1-6(9,2-5(7)8)4-3-10-4/h4,9,15H,2-3H2,1H3,(H,7,8)(H2,10,11,12);4,7,10-11H,2-3H2,1H3,(H,8,9);4,9H,2-3H2,1H3,(H,7,8)/p-2/t3*4?,6-/m000/s1. The van der Waals surface area contributed by atoms with Crippen LogP contribution in [-0.4, -0.2) is 105 Å². The lowest BCUT2D eigenvalue weighted by Crippen LogP contribution is -2.41. The average Bonchev–Trinajstić information content (AvgIpc) is 3.48. The highest BCUT2D eigenvalue weighted by atomic mass is 32.2. The smallest absolute Gasteiger partial charge is 0.306 e. The minimum absolute atomic E-state index is 0.142. The molecule has 1 aliphatic heterocycles. The Morgan fingerprint density at radius 2 is 1.31 bits per heavy atom. The van der Waals surface area contributed by atoms with Crippen LogP contribution < -0.4 is 9.79 Å². The molecule has 3 unspecified atom stereocenters. The first kappa shape index (κ1) is 37.6. The first-order valence-electron chi connectivity index (χ1n) is 10.0. The Morgan fingerprint density at radius 1 is 0.944 bits per heavy atom. The van der Waals surface area contributed by atoms with E-state index >= 15 is 0 Å². The van der Waals surface area contributed by atoms with Gasteiger partial charge in [-0.05, 0) is 20.8 Å². The van der Waals surface area contributed by atoms with Crippen LogP contribution in [0, 0.1) is 0 Å². The minimum atomic E-state index is -5.13. The van der Waals surface area contributed by atoms with E-state index in [1.54, 1.807) is 18.7 Å². The molecule has 1 fully saturated rings. The van der Waals surface area contributed by atoms with E-state index < -0.39 is 72.5 Å². The fraction of sp³-hybridized carbons (Fsp3) is 0.833. The van der Waals surface area contributed by atoms with Gasteiger partial charge in [0.1, 0.15) is 0 Å². The summed E-state index contributed by atoms with van der Waals surface area (Å²) in [5, 5.41) is 60.2. The molecule has 0 saturated carbocycles. The lowest BCUT2D eigenvalue weighted by molar-refractivity contribution is -0.341. The molecule has 6 atom stereocenters. The molecule has 1 rings (SSSR count). The molecular formula is C18H33O14PS3-2. The molecule has 0 aromatic rings. The van der Waals surface area contributed by atoms with Gasteiger partial charge in [-0.2, -0.15) is 37.0 Å². The van der Waals surface area contributed by atoms with E-state index in [9.17, 15) is 44.1 Å². The SMILES string of the molecule is C[C@](O)(CC(=O)O)C(S)CO.C[C@](O)(CC(=O)O)C(S)COP(=O)([O-])[O-].C[C@](O)(CC(=O)O)C1CS1.